The zero-order valence-electron chi connectivity index (χ0n) is 10.6. The van der Waals surface area contributed by atoms with Gasteiger partial charge in [-0.3, -0.25) is 0 Å². The van der Waals surface area contributed by atoms with E-state index in [0.29, 0.717) is 6.04 Å². The van der Waals surface area contributed by atoms with E-state index in [4.69, 9.17) is 4.52 Å². The second-order valence-electron chi connectivity index (χ2n) is 4.76. The molecule has 1 saturated heterocycles. The molecule has 1 aromatic heterocycles. The Hall–Kier alpha value is -0.550. The van der Waals surface area contributed by atoms with Crippen LogP contribution in [0.5, 0.6) is 0 Å². The van der Waals surface area contributed by atoms with E-state index < -0.39 is 0 Å². The Morgan fingerprint density at radius 1 is 1.47 bits per heavy atom. The van der Waals surface area contributed by atoms with E-state index in [1.807, 2.05) is 7.05 Å². The lowest BCUT2D eigenvalue weighted by Gasteiger charge is -2.19. The van der Waals surface area contributed by atoms with Crippen molar-refractivity contribution in [2.45, 2.75) is 38.6 Å². The van der Waals surface area contributed by atoms with E-state index >= 15 is 0 Å². The second-order valence-corrected chi connectivity index (χ2v) is 5.98. The number of nitrogens with one attached hydrogen (secondary N) is 1. The first-order valence-electron chi connectivity index (χ1n) is 6.34. The Morgan fingerprint density at radius 2 is 2.24 bits per heavy atom. The summed E-state index contributed by atoms with van der Waals surface area (Å²) in [7, 11) is 1.95. The van der Waals surface area contributed by atoms with Crippen LogP contribution in [0.4, 0.5) is 0 Å². The van der Waals surface area contributed by atoms with Crippen LogP contribution in [0.1, 0.15) is 31.5 Å². The Bertz CT molecular complexity index is 336. The molecule has 0 amide bonds. The first kappa shape index (κ1) is 12.9. The highest BCUT2D eigenvalue weighted by Crippen LogP contribution is 2.25. The summed E-state index contributed by atoms with van der Waals surface area (Å²) in [6.45, 7) is 2.11. The molecule has 0 bridgehead atoms. The van der Waals surface area contributed by atoms with Crippen LogP contribution in [0.25, 0.3) is 0 Å². The van der Waals surface area contributed by atoms with Gasteiger partial charge in [-0.25, -0.2) is 0 Å². The molecule has 1 aliphatic rings. The van der Waals surface area contributed by atoms with Crippen LogP contribution in [0, 0.1) is 5.92 Å². The number of hydrogen-bond acceptors (Lipinski definition) is 5. The van der Waals surface area contributed by atoms with Crippen LogP contribution in [0.3, 0.4) is 0 Å². The molecule has 1 atom stereocenters. The molecule has 5 heteroatoms. The van der Waals surface area contributed by atoms with Crippen molar-refractivity contribution in [3.8, 4) is 0 Å². The minimum absolute atomic E-state index is 0.384. The van der Waals surface area contributed by atoms with E-state index in [2.05, 4.69) is 34.1 Å². The molecule has 0 saturated carbocycles. The summed E-state index contributed by atoms with van der Waals surface area (Å²) in [5.41, 5.74) is 0. The quantitative estimate of drug-likeness (QED) is 0.871. The number of aromatic nitrogens is 2. The van der Waals surface area contributed by atoms with Gasteiger partial charge < -0.3 is 9.84 Å². The summed E-state index contributed by atoms with van der Waals surface area (Å²) < 4.78 is 5.27. The highest BCUT2D eigenvalue weighted by Gasteiger charge is 2.17. The highest BCUT2D eigenvalue weighted by molar-refractivity contribution is 7.99. The highest BCUT2D eigenvalue weighted by atomic mass is 32.2. The lowest BCUT2D eigenvalue weighted by atomic mass is 9.99. The van der Waals surface area contributed by atoms with Crippen molar-refractivity contribution in [1.29, 1.82) is 0 Å². The molecule has 96 valence electrons. The third-order valence-electron chi connectivity index (χ3n) is 3.30. The smallest absolute Gasteiger partial charge is 0.228 e. The molecule has 1 aromatic rings. The van der Waals surface area contributed by atoms with Gasteiger partial charge in [-0.1, -0.05) is 5.16 Å². The van der Waals surface area contributed by atoms with E-state index in [1.165, 1.54) is 24.3 Å². The molecule has 2 heterocycles. The molecule has 17 heavy (non-hydrogen) atoms. The minimum Gasteiger partial charge on any atom is -0.339 e. The normalized spacial score (nSPS) is 19.4. The number of rotatable bonds is 5. The molecule has 0 aliphatic carbocycles. The first-order chi connectivity index (χ1) is 8.28. The fourth-order valence-electron chi connectivity index (χ4n) is 2.03. The number of nitrogens with zero attached hydrogens (tertiary/aromatic N) is 2. The molecule has 4 nitrogen and oxygen atoms in total. The van der Waals surface area contributed by atoms with Crippen molar-refractivity contribution in [2.75, 3.05) is 18.6 Å². The van der Waals surface area contributed by atoms with Gasteiger partial charge in [0.25, 0.3) is 0 Å². The van der Waals surface area contributed by atoms with Gasteiger partial charge in [0.05, 0.1) is 0 Å². The maximum atomic E-state index is 5.27. The summed E-state index contributed by atoms with van der Waals surface area (Å²) >= 11 is 2.05. The van der Waals surface area contributed by atoms with Crippen LogP contribution in [0.2, 0.25) is 0 Å². The molecule has 0 spiro atoms. The van der Waals surface area contributed by atoms with E-state index in [9.17, 15) is 0 Å². The van der Waals surface area contributed by atoms with E-state index in [1.54, 1.807) is 0 Å². The zero-order chi connectivity index (χ0) is 12.1. The van der Waals surface area contributed by atoms with Crippen molar-refractivity contribution in [1.82, 2.24) is 15.5 Å². The number of thioether (sulfide) groups is 1. The molecule has 1 fully saturated rings. The van der Waals surface area contributed by atoms with Crippen LogP contribution < -0.4 is 5.32 Å². The zero-order valence-corrected chi connectivity index (χ0v) is 11.4. The lowest BCUT2D eigenvalue weighted by Crippen LogP contribution is -2.23. The van der Waals surface area contributed by atoms with Gasteiger partial charge in [-0.15, -0.1) is 0 Å². The Labute approximate surface area is 107 Å². The monoisotopic (exact) mass is 255 g/mol. The van der Waals surface area contributed by atoms with Gasteiger partial charge in [0.2, 0.25) is 5.89 Å². The van der Waals surface area contributed by atoms with E-state index in [-0.39, 0.29) is 0 Å². The predicted octanol–water partition coefficient (Wildman–Crippen LogP) is 1.91. The Morgan fingerprint density at radius 3 is 2.94 bits per heavy atom. The summed E-state index contributed by atoms with van der Waals surface area (Å²) in [4.78, 5) is 4.47. The number of hydrogen-bond donors (Lipinski definition) is 1. The van der Waals surface area contributed by atoms with Crippen molar-refractivity contribution in [3.63, 3.8) is 0 Å². The average Bonchev–Trinajstić information content (AvgIpc) is 2.77. The molecular formula is C12H21N3OS. The SMILES string of the molecule is CNC(C)Cc1nc(CC2CCSCC2)no1. The van der Waals surface area contributed by atoms with Crippen molar-refractivity contribution < 1.29 is 4.52 Å². The maximum absolute atomic E-state index is 5.27. The molecule has 0 aromatic carbocycles. The van der Waals surface area contributed by atoms with Crippen LogP contribution in [-0.4, -0.2) is 34.7 Å². The summed E-state index contributed by atoms with van der Waals surface area (Å²) in [5.74, 6) is 4.97. The largest absolute Gasteiger partial charge is 0.339 e. The Balaban J connectivity index is 1.84. The molecule has 1 unspecified atom stereocenters. The summed E-state index contributed by atoms with van der Waals surface area (Å²) in [5, 5.41) is 7.25. The average molecular weight is 255 g/mol. The Kier molecular flexibility index (Phi) is 4.86. The standard InChI is InChI=1S/C12H21N3OS/c1-9(13-2)7-12-14-11(15-16-12)8-10-3-5-17-6-4-10/h9-10,13H,3-8H2,1-2H3. The van der Waals surface area contributed by atoms with Crippen LogP contribution in [0.15, 0.2) is 4.52 Å². The minimum atomic E-state index is 0.384. The van der Waals surface area contributed by atoms with Gasteiger partial charge in [0.1, 0.15) is 0 Å². The fraction of sp³-hybridized carbons (Fsp3) is 0.833. The second kappa shape index (κ2) is 6.40. The van der Waals surface area contributed by atoms with Crippen molar-refractivity contribution in [3.05, 3.63) is 11.7 Å². The van der Waals surface area contributed by atoms with E-state index in [0.717, 1.165) is 30.5 Å². The first-order valence-corrected chi connectivity index (χ1v) is 7.50. The predicted molar refractivity (Wildman–Crippen MR) is 70.3 cm³/mol. The van der Waals surface area contributed by atoms with Crippen LogP contribution >= 0.6 is 11.8 Å². The van der Waals surface area contributed by atoms with Crippen molar-refractivity contribution >= 4 is 11.8 Å². The fourth-order valence-corrected chi connectivity index (χ4v) is 3.23. The molecule has 1 N–H and O–H groups in total. The van der Waals surface area contributed by atoms with Gasteiger partial charge in [-0.2, -0.15) is 16.7 Å². The van der Waals surface area contributed by atoms with Crippen LogP contribution in [-0.2, 0) is 12.8 Å². The van der Waals surface area contributed by atoms with Gasteiger partial charge in [0.15, 0.2) is 5.82 Å². The third-order valence-corrected chi connectivity index (χ3v) is 4.34. The van der Waals surface area contributed by atoms with Gasteiger partial charge in [0, 0.05) is 18.9 Å². The maximum Gasteiger partial charge on any atom is 0.228 e. The van der Waals surface area contributed by atoms with Gasteiger partial charge >= 0.3 is 0 Å². The summed E-state index contributed by atoms with van der Waals surface area (Å²) in [6.07, 6.45) is 4.38. The van der Waals surface area contributed by atoms with Gasteiger partial charge in [-0.05, 0) is 44.2 Å². The summed E-state index contributed by atoms with van der Waals surface area (Å²) in [6, 6.07) is 0.384. The molecule has 1 aliphatic heterocycles. The molecule has 2 rings (SSSR count). The van der Waals surface area contributed by atoms with Crippen molar-refractivity contribution in [2.24, 2.45) is 5.92 Å². The molecular weight excluding hydrogens is 234 g/mol. The topological polar surface area (TPSA) is 51.0 Å². The lowest BCUT2D eigenvalue weighted by molar-refractivity contribution is 0.356. The molecule has 0 radical (unpaired) electrons. The third kappa shape index (κ3) is 4.00. The number of likely N-dealkylation sites (N-methyl/N-ethyl adjacent to an activating group) is 1.